The lowest BCUT2D eigenvalue weighted by Gasteiger charge is -2.33. The van der Waals surface area contributed by atoms with E-state index in [9.17, 15) is 10.1 Å². The summed E-state index contributed by atoms with van der Waals surface area (Å²) in [6.45, 7) is 2.97. The fraction of sp³-hybridized carbons (Fsp3) is 0.250. The number of para-hydroxylation sites is 1. The number of nitrogens with zero attached hydrogens (tertiary/aromatic N) is 4. The number of amides is 1. The number of hydrogen-bond acceptors (Lipinski definition) is 7. The van der Waals surface area contributed by atoms with E-state index < -0.39 is 0 Å². The summed E-state index contributed by atoms with van der Waals surface area (Å²) < 4.78 is 11.1. The number of furan rings is 1. The fourth-order valence-electron chi connectivity index (χ4n) is 3.14. The number of carbonyl (C=O) groups excluding carboxylic acids is 1. The lowest BCUT2D eigenvalue weighted by Crippen LogP contribution is -2.48. The van der Waals surface area contributed by atoms with Gasteiger partial charge in [0.05, 0.1) is 12.8 Å². The maximum absolute atomic E-state index is 12.2. The van der Waals surface area contributed by atoms with Gasteiger partial charge in [-0.2, -0.15) is 10.2 Å². The van der Waals surface area contributed by atoms with Crippen LogP contribution >= 0.6 is 0 Å². The van der Waals surface area contributed by atoms with Crippen molar-refractivity contribution in [3.63, 3.8) is 0 Å². The van der Waals surface area contributed by atoms with Gasteiger partial charge in [0.15, 0.2) is 5.76 Å². The molecule has 0 atom stereocenters. The molecule has 1 N–H and O–H groups in total. The molecule has 8 heteroatoms. The monoisotopic (exact) mass is 377 g/mol. The second-order valence-electron chi connectivity index (χ2n) is 6.44. The van der Waals surface area contributed by atoms with Gasteiger partial charge in [-0.05, 0) is 24.3 Å². The second kappa shape index (κ2) is 7.98. The summed E-state index contributed by atoms with van der Waals surface area (Å²) in [5.41, 5.74) is 1.03. The van der Waals surface area contributed by atoms with E-state index >= 15 is 0 Å². The van der Waals surface area contributed by atoms with E-state index in [0.29, 0.717) is 50.3 Å². The average Bonchev–Trinajstić information content (AvgIpc) is 3.39. The van der Waals surface area contributed by atoms with Gasteiger partial charge in [-0.1, -0.05) is 18.2 Å². The van der Waals surface area contributed by atoms with Crippen molar-refractivity contribution >= 4 is 17.5 Å². The maximum Gasteiger partial charge on any atom is 0.266 e. The Morgan fingerprint density at radius 2 is 1.93 bits per heavy atom. The van der Waals surface area contributed by atoms with E-state index in [1.807, 2.05) is 35.2 Å². The van der Waals surface area contributed by atoms with Gasteiger partial charge in [-0.3, -0.25) is 9.69 Å². The highest BCUT2D eigenvalue weighted by Crippen LogP contribution is 2.29. The molecule has 28 heavy (non-hydrogen) atoms. The van der Waals surface area contributed by atoms with E-state index in [1.165, 1.54) is 6.26 Å². The number of anilines is 2. The van der Waals surface area contributed by atoms with Gasteiger partial charge in [-0.15, -0.1) is 0 Å². The predicted molar refractivity (Wildman–Crippen MR) is 103 cm³/mol. The summed E-state index contributed by atoms with van der Waals surface area (Å²) in [6, 6.07) is 15.0. The molecule has 1 fully saturated rings. The first-order chi connectivity index (χ1) is 13.7. The van der Waals surface area contributed by atoms with E-state index in [-0.39, 0.29) is 11.6 Å². The largest absolute Gasteiger partial charge is 0.459 e. The average molecular weight is 377 g/mol. The zero-order valence-electron chi connectivity index (χ0n) is 15.2. The summed E-state index contributed by atoms with van der Waals surface area (Å²) >= 11 is 0. The molecule has 142 valence electrons. The van der Waals surface area contributed by atoms with Crippen LogP contribution in [-0.2, 0) is 4.79 Å². The lowest BCUT2D eigenvalue weighted by molar-refractivity contribution is -0.117. The number of benzene rings is 1. The number of hydrogen-bond donors (Lipinski definition) is 1. The Morgan fingerprint density at radius 3 is 2.61 bits per heavy atom. The number of nitrogens with one attached hydrogen (secondary N) is 1. The highest BCUT2D eigenvalue weighted by atomic mass is 16.4. The summed E-state index contributed by atoms with van der Waals surface area (Å²) in [6.07, 6.45) is 1.53. The molecule has 1 amide bonds. The van der Waals surface area contributed by atoms with Crippen LogP contribution in [0.1, 0.15) is 5.69 Å². The van der Waals surface area contributed by atoms with Crippen LogP contribution in [0.15, 0.2) is 57.6 Å². The van der Waals surface area contributed by atoms with Crippen molar-refractivity contribution in [2.75, 3.05) is 42.9 Å². The number of aromatic nitrogens is 1. The van der Waals surface area contributed by atoms with E-state index in [2.05, 4.69) is 21.3 Å². The quantitative estimate of drug-likeness (QED) is 0.729. The van der Waals surface area contributed by atoms with Crippen molar-refractivity contribution in [3.8, 4) is 17.7 Å². The van der Waals surface area contributed by atoms with Crippen LogP contribution in [0.2, 0.25) is 0 Å². The third-order valence-electron chi connectivity index (χ3n) is 4.53. The maximum atomic E-state index is 12.2. The Bertz CT molecular complexity index is 967. The Balaban J connectivity index is 1.35. The second-order valence-corrected chi connectivity index (χ2v) is 6.44. The predicted octanol–water partition coefficient (Wildman–Crippen LogP) is 2.57. The van der Waals surface area contributed by atoms with Crippen LogP contribution in [0.3, 0.4) is 0 Å². The molecule has 0 aliphatic carbocycles. The first-order valence-electron chi connectivity index (χ1n) is 9.00. The molecule has 0 unspecified atom stereocenters. The third kappa shape index (κ3) is 3.89. The molecule has 1 aliphatic rings. The van der Waals surface area contributed by atoms with Crippen LogP contribution in [-0.4, -0.2) is 48.5 Å². The minimum atomic E-state index is -0.0443. The number of oxazole rings is 1. The highest BCUT2D eigenvalue weighted by Gasteiger charge is 2.26. The fourth-order valence-corrected chi connectivity index (χ4v) is 3.14. The third-order valence-corrected chi connectivity index (χ3v) is 4.53. The van der Waals surface area contributed by atoms with Gasteiger partial charge in [-0.25, -0.2) is 0 Å². The van der Waals surface area contributed by atoms with Crippen LogP contribution in [0, 0.1) is 11.3 Å². The van der Waals surface area contributed by atoms with Gasteiger partial charge in [0, 0.05) is 31.9 Å². The molecular formula is C20H19N5O3. The first kappa shape index (κ1) is 17.8. The molecular weight excluding hydrogens is 358 g/mol. The van der Waals surface area contributed by atoms with E-state index in [4.69, 9.17) is 8.83 Å². The number of rotatable bonds is 5. The summed E-state index contributed by atoms with van der Waals surface area (Å²) in [5.74, 6) is 1.18. The van der Waals surface area contributed by atoms with Crippen LogP contribution < -0.4 is 10.2 Å². The smallest absolute Gasteiger partial charge is 0.266 e. The van der Waals surface area contributed by atoms with Gasteiger partial charge < -0.3 is 19.1 Å². The Kier molecular flexibility index (Phi) is 5.08. The highest BCUT2D eigenvalue weighted by molar-refractivity contribution is 5.92. The standard InChI is InChI=1S/C20H19N5O3/c21-13-16-20(28-19(23-16)17-7-4-12-27-17)25-10-8-24(9-11-25)14-18(26)22-15-5-2-1-3-6-15/h1-7,12H,8-11,14H2,(H,22,26). The minimum Gasteiger partial charge on any atom is -0.459 e. The molecule has 8 nitrogen and oxygen atoms in total. The molecule has 3 aromatic rings. The van der Waals surface area contributed by atoms with Gasteiger partial charge in [0.25, 0.3) is 5.89 Å². The van der Waals surface area contributed by atoms with Crippen molar-refractivity contribution < 1.29 is 13.6 Å². The number of carbonyl (C=O) groups is 1. The number of nitriles is 1. The topological polar surface area (TPSA) is 98.5 Å². The molecule has 1 aliphatic heterocycles. The lowest BCUT2D eigenvalue weighted by atomic mass is 10.3. The zero-order chi connectivity index (χ0) is 19.3. The SMILES string of the molecule is N#Cc1nc(-c2ccco2)oc1N1CCN(CC(=O)Nc2ccccc2)CC1. The Morgan fingerprint density at radius 1 is 1.14 bits per heavy atom. The summed E-state index contributed by atoms with van der Waals surface area (Å²) in [7, 11) is 0. The minimum absolute atomic E-state index is 0.0443. The van der Waals surface area contributed by atoms with E-state index in [1.54, 1.807) is 12.1 Å². The van der Waals surface area contributed by atoms with Crippen molar-refractivity contribution in [2.24, 2.45) is 0 Å². The summed E-state index contributed by atoms with van der Waals surface area (Å²) in [5, 5.41) is 12.3. The molecule has 0 saturated carbocycles. The van der Waals surface area contributed by atoms with E-state index in [0.717, 1.165) is 5.69 Å². The van der Waals surface area contributed by atoms with Gasteiger partial charge >= 0.3 is 0 Å². The molecule has 0 radical (unpaired) electrons. The van der Waals surface area contributed by atoms with Crippen LogP contribution in [0.25, 0.3) is 11.7 Å². The van der Waals surface area contributed by atoms with Crippen molar-refractivity contribution in [2.45, 2.75) is 0 Å². The Hall–Kier alpha value is -3.57. The molecule has 1 aromatic carbocycles. The molecule has 0 bridgehead atoms. The van der Waals surface area contributed by atoms with Gasteiger partial charge in [0.1, 0.15) is 6.07 Å². The molecule has 3 heterocycles. The molecule has 4 rings (SSSR count). The summed E-state index contributed by atoms with van der Waals surface area (Å²) in [4.78, 5) is 20.5. The van der Waals surface area contributed by atoms with Gasteiger partial charge in [0.2, 0.25) is 17.5 Å². The van der Waals surface area contributed by atoms with Crippen molar-refractivity contribution in [1.29, 1.82) is 5.26 Å². The van der Waals surface area contributed by atoms with Crippen LogP contribution in [0.5, 0.6) is 0 Å². The zero-order valence-corrected chi connectivity index (χ0v) is 15.2. The van der Waals surface area contributed by atoms with Crippen molar-refractivity contribution in [3.05, 3.63) is 54.4 Å². The molecule has 2 aromatic heterocycles. The van der Waals surface area contributed by atoms with Crippen molar-refractivity contribution in [1.82, 2.24) is 9.88 Å². The normalized spacial score (nSPS) is 14.6. The first-order valence-corrected chi connectivity index (χ1v) is 9.00. The molecule has 1 saturated heterocycles. The Labute approximate surface area is 162 Å². The number of piperazine rings is 1. The molecule has 0 spiro atoms. The van der Waals surface area contributed by atoms with Crippen LogP contribution in [0.4, 0.5) is 11.6 Å².